The minimum atomic E-state index is 0.379. The van der Waals surface area contributed by atoms with Gasteiger partial charge < -0.3 is 5.32 Å². The van der Waals surface area contributed by atoms with Gasteiger partial charge in [0.2, 0.25) is 0 Å². The van der Waals surface area contributed by atoms with E-state index in [4.69, 9.17) is 5.26 Å². The van der Waals surface area contributed by atoms with Crippen LogP contribution in [0.3, 0.4) is 0 Å². The van der Waals surface area contributed by atoms with Crippen molar-refractivity contribution in [1.29, 1.82) is 5.26 Å². The molecule has 0 amide bonds. The minimum absolute atomic E-state index is 0.379. The Labute approximate surface area is 76.0 Å². The predicted octanol–water partition coefficient (Wildman–Crippen LogP) is 2.32. The second kappa shape index (κ2) is 6.02. The quantitative estimate of drug-likeness (QED) is 0.618. The second-order valence-corrected chi connectivity index (χ2v) is 4.00. The number of nitrogens with one attached hydrogen (secondary N) is 1. The van der Waals surface area contributed by atoms with Crippen LogP contribution < -0.4 is 5.32 Å². The van der Waals surface area contributed by atoms with E-state index in [0.29, 0.717) is 11.8 Å². The number of hydrogen-bond acceptors (Lipinski definition) is 2. The maximum atomic E-state index is 8.31. The molecule has 12 heavy (non-hydrogen) atoms. The molecule has 0 aliphatic rings. The first kappa shape index (κ1) is 11.4. The molecule has 0 bridgehead atoms. The number of nitrogens with zero attached hydrogens (tertiary/aromatic N) is 1. The Kier molecular flexibility index (Phi) is 5.74. The Balaban J connectivity index is 3.41. The molecule has 2 heteroatoms. The summed E-state index contributed by atoms with van der Waals surface area (Å²) in [5.74, 6) is 0. The summed E-state index contributed by atoms with van der Waals surface area (Å²) in [6.45, 7) is 8.56. The fourth-order valence-corrected chi connectivity index (χ4v) is 1.34. The SMILES string of the molecule is CCCC(C)(C)CNCCC#N. The average Bonchev–Trinajstić information content (AvgIpc) is 1.98. The van der Waals surface area contributed by atoms with Gasteiger partial charge in [-0.3, -0.25) is 0 Å². The van der Waals surface area contributed by atoms with Gasteiger partial charge in [-0.05, 0) is 11.8 Å². The van der Waals surface area contributed by atoms with Gasteiger partial charge in [-0.25, -0.2) is 0 Å². The molecular weight excluding hydrogens is 148 g/mol. The van der Waals surface area contributed by atoms with Crippen molar-refractivity contribution in [2.45, 2.75) is 40.0 Å². The summed E-state index contributed by atoms with van der Waals surface area (Å²) in [7, 11) is 0. The van der Waals surface area contributed by atoms with Crippen molar-refractivity contribution in [2.75, 3.05) is 13.1 Å². The average molecular weight is 168 g/mol. The van der Waals surface area contributed by atoms with Crippen LogP contribution in [0.5, 0.6) is 0 Å². The first-order chi connectivity index (χ1) is 5.62. The first-order valence-corrected chi connectivity index (χ1v) is 4.70. The third kappa shape index (κ3) is 6.18. The summed E-state index contributed by atoms with van der Waals surface area (Å²) in [6.07, 6.45) is 3.09. The molecular formula is C10H20N2. The molecule has 1 N–H and O–H groups in total. The van der Waals surface area contributed by atoms with Crippen molar-refractivity contribution in [2.24, 2.45) is 5.41 Å². The van der Waals surface area contributed by atoms with Gasteiger partial charge in [0.25, 0.3) is 0 Å². The van der Waals surface area contributed by atoms with E-state index in [1.165, 1.54) is 12.8 Å². The molecule has 0 aliphatic carbocycles. The van der Waals surface area contributed by atoms with Crippen LogP contribution in [0.4, 0.5) is 0 Å². The highest BCUT2D eigenvalue weighted by Gasteiger charge is 2.14. The van der Waals surface area contributed by atoms with Crippen LogP contribution in [0.15, 0.2) is 0 Å². The summed E-state index contributed by atoms with van der Waals surface area (Å²) >= 11 is 0. The molecule has 0 unspecified atom stereocenters. The Morgan fingerprint density at radius 2 is 2.08 bits per heavy atom. The summed E-state index contributed by atoms with van der Waals surface area (Å²) in [4.78, 5) is 0. The van der Waals surface area contributed by atoms with Crippen LogP contribution in [0, 0.1) is 16.7 Å². The van der Waals surface area contributed by atoms with Crippen molar-refractivity contribution >= 4 is 0 Å². The van der Waals surface area contributed by atoms with Crippen LogP contribution >= 0.6 is 0 Å². The lowest BCUT2D eigenvalue weighted by molar-refractivity contribution is 0.313. The first-order valence-electron chi connectivity index (χ1n) is 4.70. The van der Waals surface area contributed by atoms with E-state index >= 15 is 0 Å². The zero-order valence-electron chi connectivity index (χ0n) is 8.48. The Morgan fingerprint density at radius 3 is 2.58 bits per heavy atom. The molecule has 70 valence electrons. The Bertz CT molecular complexity index is 144. The molecule has 0 radical (unpaired) electrons. The standard InChI is InChI=1S/C10H20N2/c1-4-6-10(2,3)9-12-8-5-7-11/h12H,4-6,8-9H2,1-3H3. The molecule has 0 rings (SSSR count). The van der Waals surface area contributed by atoms with E-state index in [2.05, 4.69) is 32.2 Å². The number of hydrogen-bond donors (Lipinski definition) is 1. The van der Waals surface area contributed by atoms with Gasteiger partial charge in [0, 0.05) is 19.5 Å². The highest BCUT2D eigenvalue weighted by molar-refractivity contribution is 4.74. The molecule has 0 heterocycles. The van der Waals surface area contributed by atoms with Crippen LogP contribution in [0.25, 0.3) is 0 Å². The van der Waals surface area contributed by atoms with E-state index < -0.39 is 0 Å². The highest BCUT2D eigenvalue weighted by atomic mass is 14.9. The molecule has 0 spiro atoms. The summed E-state index contributed by atoms with van der Waals surface area (Å²) < 4.78 is 0. The lowest BCUT2D eigenvalue weighted by Crippen LogP contribution is -2.29. The maximum absolute atomic E-state index is 8.31. The fraction of sp³-hybridized carbons (Fsp3) is 0.900. The van der Waals surface area contributed by atoms with Crippen molar-refractivity contribution in [1.82, 2.24) is 5.32 Å². The monoisotopic (exact) mass is 168 g/mol. The van der Waals surface area contributed by atoms with Gasteiger partial charge >= 0.3 is 0 Å². The second-order valence-electron chi connectivity index (χ2n) is 4.00. The zero-order chi connectivity index (χ0) is 9.45. The zero-order valence-corrected chi connectivity index (χ0v) is 8.48. The minimum Gasteiger partial charge on any atom is -0.315 e. The predicted molar refractivity (Wildman–Crippen MR) is 51.8 cm³/mol. The van der Waals surface area contributed by atoms with Crippen LogP contribution in [0.1, 0.15) is 40.0 Å². The van der Waals surface area contributed by atoms with E-state index in [9.17, 15) is 0 Å². The molecule has 0 aliphatic heterocycles. The van der Waals surface area contributed by atoms with E-state index in [-0.39, 0.29) is 0 Å². The molecule has 0 aromatic carbocycles. The summed E-state index contributed by atoms with van der Waals surface area (Å²) in [6, 6.07) is 2.12. The fourth-order valence-electron chi connectivity index (χ4n) is 1.34. The lowest BCUT2D eigenvalue weighted by atomic mass is 9.88. The maximum Gasteiger partial charge on any atom is 0.0635 e. The summed E-state index contributed by atoms with van der Waals surface area (Å²) in [5, 5.41) is 11.6. The van der Waals surface area contributed by atoms with Gasteiger partial charge in [-0.15, -0.1) is 0 Å². The van der Waals surface area contributed by atoms with Gasteiger partial charge in [0.15, 0.2) is 0 Å². The molecule has 2 nitrogen and oxygen atoms in total. The molecule has 0 saturated heterocycles. The van der Waals surface area contributed by atoms with E-state index in [0.717, 1.165) is 13.1 Å². The number of nitriles is 1. The van der Waals surface area contributed by atoms with Gasteiger partial charge in [-0.2, -0.15) is 5.26 Å². The molecule has 0 atom stereocenters. The highest BCUT2D eigenvalue weighted by Crippen LogP contribution is 2.20. The van der Waals surface area contributed by atoms with Gasteiger partial charge in [0.1, 0.15) is 0 Å². The summed E-state index contributed by atoms with van der Waals surface area (Å²) in [5.41, 5.74) is 0.379. The van der Waals surface area contributed by atoms with Crippen LogP contribution in [-0.4, -0.2) is 13.1 Å². The van der Waals surface area contributed by atoms with Crippen LogP contribution in [0.2, 0.25) is 0 Å². The smallest absolute Gasteiger partial charge is 0.0635 e. The molecule has 0 fully saturated rings. The molecule has 0 aromatic heterocycles. The normalized spacial score (nSPS) is 11.2. The van der Waals surface area contributed by atoms with Gasteiger partial charge in [0.05, 0.1) is 6.07 Å². The third-order valence-electron chi connectivity index (χ3n) is 1.94. The Morgan fingerprint density at radius 1 is 1.42 bits per heavy atom. The Hall–Kier alpha value is -0.550. The van der Waals surface area contributed by atoms with Crippen molar-refractivity contribution in [3.8, 4) is 6.07 Å². The van der Waals surface area contributed by atoms with Crippen molar-refractivity contribution in [3.05, 3.63) is 0 Å². The third-order valence-corrected chi connectivity index (χ3v) is 1.94. The number of rotatable bonds is 6. The molecule has 0 saturated carbocycles. The largest absolute Gasteiger partial charge is 0.315 e. The topological polar surface area (TPSA) is 35.8 Å². The van der Waals surface area contributed by atoms with E-state index in [1.807, 2.05) is 0 Å². The van der Waals surface area contributed by atoms with Crippen LogP contribution in [-0.2, 0) is 0 Å². The van der Waals surface area contributed by atoms with Crippen molar-refractivity contribution < 1.29 is 0 Å². The van der Waals surface area contributed by atoms with Crippen molar-refractivity contribution in [3.63, 3.8) is 0 Å². The van der Waals surface area contributed by atoms with Gasteiger partial charge in [-0.1, -0.05) is 27.2 Å². The van der Waals surface area contributed by atoms with E-state index in [1.54, 1.807) is 0 Å². The lowest BCUT2D eigenvalue weighted by Gasteiger charge is -2.24. The molecule has 0 aromatic rings.